The lowest BCUT2D eigenvalue weighted by atomic mass is 9.83. The van der Waals surface area contributed by atoms with Crippen molar-refractivity contribution in [3.05, 3.63) is 29.3 Å². The van der Waals surface area contributed by atoms with Crippen molar-refractivity contribution in [3.63, 3.8) is 0 Å². The number of anilines is 1. The normalized spacial score (nSPS) is 23.6. The van der Waals surface area contributed by atoms with Crippen molar-refractivity contribution in [1.29, 1.82) is 5.26 Å². The lowest BCUT2D eigenvalue weighted by Gasteiger charge is -2.35. The molecule has 8 nitrogen and oxygen atoms in total. The van der Waals surface area contributed by atoms with Crippen LogP contribution in [0.1, 0.15) is 45.4 Å². The second-order valence-corrected chi connectivity index (χ2v) is 9.77. The van der Waals surface area contributed by atoms with Gasteiger partial charge in [0.25, 0.3) is 0 Å². The average Bonchev–Trinajstić information content (AvgIpc) is 3.18. The molecule has 1 aliphatic heterocycles. The third-order valence-corrected chi connectivity index (χ3v) is 7.07. The molecule has 33 heavy (non-hydrogen) atoms. The third-order valence-electron chi connectivity index (χ3n) is 6.86. The molecule has 4 heterocycles. The van der Waals surface area contributed by atoms with Crippen LogP contribution in [0.25, 0.3) is 22.4 Å². The van der Waals surface area contributed by atoms with Crippen LogP contribution in [0, 0.1) is 23.2 Å². The SMILES string of the molecule is CC1CCC(Cn2c(N3CCOC[C@H]3C)nc3nc(C#N)nc(-c4cncc(Cl)c4)c32)CC1. The maximum absolute atomic E-state index is 9.60. The summed E-state index contributed by atoms with van der Waals surface area (Å²) in [6.07, 6.45) is 8.22. The molecule has 9 heteroatoms. The van der Waals surface area contributed by atoms with Gasteiger partial charge < -0.3 is 14.2 Å². The molecule has 3 aromatic rings. The first-order valence-corrected chi connectivity index (χ1v) is 12.0. The summed E-state index contributed by atoms with van der Waals surface area (Å²) in [5, 5.41) is 10.1. The molecule has 172 valence electrons. The van der Waals surface area contributed by atoms with E-state index in [2.05, 4.69) is 44.3 Å². The second kappa shape index (κ2) is 9.24. The maximum atomic E-state index is 9.60. The van der Waals surface area contributed by atoms with Crippen LogP contribution < -0.4 is 4.90 Å². The van der Waals surface area contributed by atoms with Gasteiger partial charge in [-0.1, -0.05) is 31.4 Å². The Hall–Kier alpha value is -2.76. The highest BCUT2D eigenvalue weighted by atomic mass is 35.5. The van der Waals surface area contributed by atoms with Gasteiger partial charge in [-0.05, 0) is 37.7 Å². The van der Waals surface area contributed by atoms with Crippen molar-refractivity contribution in [2.45, 2.75) is 52.1 Å². The van der Waals surface area contributed by atoms with Crippen LogP contribution in [0.15, 0.2) is 18.5 Å². The van der Waals surface area contributed by atoms with Crippen molar-refractivity contribution < 1.29 is 4.74 Å². The van der Waals surface area contributed by atoms with Gasteiger partial charge in [-0.15, -0.1) is 0 Å². The zero-order valence-electron chi connectivity index (χ0n) is 19.0. The van der Waals surface area contributed by atoms with Crippen LogP contribution in [-0.2, 0) is 11.3 Å². The molecule has 2 aliphatic rings. The summed E-state index contributed by atoms with van der Waals surface area (Å²) in [6, 6.07) is 4.11. The number of pyridine rings is 1. The molecule has 1 aliphatic carbocycles. The number of rotatable bonds is 4. The molecule has 5 rings (SSSR count). The summed E-state index contributed by atoms with van der Waals surface area (Å²) in [4.78, 5) is 20.6. The molecule has 0 unspecified atom stereocenters. The lowest BCUT2D eigenvalue weighted by molar-refractivity contribution is 0.0976. The molecule has 0 N–H and O–H groups in total. The minimum atomic E-state index is 0.0928. The molecule has 0 spiro atoms. The van der Waals surface area contributed by atoms with Gasteiger partial charge in [-0.3, -0.25) is 4.98 Å². The number of imidazole rings is 1. The third kappa shape index (κ3) is 4.40. The monoisotopic (exact) mass is 465 g/mol. The molecular formula is C24H28ClN7O. The largest absolute Gasteiger partial charge is 0.377 e. The fraction of sp³-hybridized carbons (Fsp3) is 0.542. The summed E-state index contributed by atoms with van der Waals surface area (Å²) in [5.74, 6) is 2.32. The number of halogens is 1. The van der Waals surface area contributed by atoms with E-state index in [0.29, 0.717) is 35.5 Å². The maximum Gasteiger partial charge on any atom is 0.234 e. The molecule has 0 bridgehead atoms. The summed E-state index contributed by atoms with van der Waals surface area (Å²) < 4.78 is 7.95. The van der Waals surface area contributed by atoms with Gasteiger partial charge in [0.1, 0.15) is 17.3 Å². The molecule has 0 amide bonds. The van der Waals surface area contributed by atoms with Crippen molar-refractivity contribution in [2.75, 3.05) is 24.7 Å². The Morgan fingerprint density at radius 1 is 1.15 bits per heavy atom. The van der Waals surface area contributed by atoms with E-state index in [9.17, 15) is 5.26 Å². The van der Waals surface area contributed by atoms with Crippen molar-refractivity contribution >= 4 is 28.7 Å². The van der Waals surface area contributed by atoms with Gasteiger partial charge in [0.2, 0.25) is 11.8 Å². The van der Waals surface area contributed by atoms with Crippen molar-refractivity contribution in [2.24, 2.45) is 11.8 Å². The van der Waals surface area contributed by atoms with Crippen LogP contribution in [0.2, 0.25) is 5.02 Å². The topological polar surface area (TPSA) is 92.8 Å². The van der Waals surface area contributed by atoms with Gasteiger partial charge in [-0.2, -0.15) is 15.2 Å². The summed E-state index contributed by atoms with van der Waals surface area (Å²) >= 11 is 6.26. The van der Waals surface area contributed by atoms with Crippen LogP contribution in [0.4, 0.5) is 5.95 Å². The predicted molar refractivity (Wildman–Crippen MR) is 127 cm³/mol. The highest BCUT2D eigenvalue weighted by molar-refractivity contribution is 6.30. The van der Waals surface area contributed by atoms with Gasteiger partial charge >= 0.3 is 0 Å². The summed E-state index contributed by atoms with van der Waals surface area (Å²) in [5.41, 5.74) is 2.78. The molecular weight excluding hydrogens is 438 g/mol. The Morgan fingerprint density at radius 2 is 1.97 bits per heavy atom. The van der Waals surface area contributed by atoms with E-state index in [0.717, 1.165) is 36.0 Å². The fourth-order valence-electron chi connectivity index (χ4n) is 5.00. The van der Waals surface area contributed by atoms with E-state index >= 15 is 0 Å². The number of hydrogen-bond acceptors (Lipinski definition) is 7. The quantitative estimate of drug-likeness (QED) is 0.561. The number of nitrogens with zero attached hydrogens (tertiary/aromatic N) is 7. The number of aromatic nitrogens is 5. The van der Waals surface area contributed by atoms with E-state index in [4.69, 9.17) is 21.3 Å². The summed E-state index contributed by atoms with van der Waals surface area (Å²) in [6.45, 7) is 7.42. The van der Waals surface area contributed by atoms with Crippen molar-refractivity contribution in [1.82, 2.24) is 24.5 Å². The Kier molecular flexibility index (Phi) is 6.17. The predicted octanol–water partition coefficient (Wildman–Crippen LogP) is 4.46. The number of morpholine rings is 1. The molecule has 1 atom stereocenters. The highest BCUT2D eigenvalue weighted by Gasteiger charge is 2.29. The average molecular weight is 466 g/mol. The van der Waals surface area contributed by atoms with Gasteiger partial charge in [0, 0.05) is 31.0 Å². The van der Waals surface area contributed by atoms with E-state index in [1.807, 2.05) is 6.07 Å². The van der Waals surface area contributed by atoms with E-state index < -0.39 is 0 Å². The van der Waals surface area contributed by atoms with E-state index in [1.165, 1.54) is 25.7 Å². The standard InChI is InChI=1S/C24H28ClN7O/c1-15-3-5-17(6-4-15)13-32-22-21(18-9-19(25)12-27-11-18)28-20(10-26)29-23(22)30-24(32)31-7-8-33-14-16(31)2/h9,11-12,15-17H,3-8,13-14H2,1-2H3/t15?,16-,17?/m1/s1. The molecule has 1 saturated heterocycles. The minimum absolute atomic E-state index is 0.0928. The molecule has 2 fully saturated rings. The Balaban J connectivity index is 1.70. The summed E-state index contributed by atoms with van der Waals surface area (Å²) in [7, 11) is 0. The van der Waals surface area contributed by atoms with Gasteiger partial charge in [0.05, 0.1) is 24.3 Å². The number of hydrogen-bond donors (Lipinski definition) is 0. The minimum Gasteiger partial charge on any atom is -0.377 e. The van der Waals surface area contributed by atoms with Crippen LogP contribution in [0.5, 0.6) is 0 Å². The highest BCUT2D eigenvalue weighted by Crippen LogP contribution is 2.36. The van der Waals surface area contributed by atoms with Gasteiger partial charge in [-0.25, -0.2) is 4.98 Å². The lowest BCUT2D eigenvalue weighted by Crippen LogP contribution is -2.45. The number of fused-ring (bicyclic) bond motifs is 1. The first-order valence-electron chi connectivity index (χ1n) is 11.7. The zero-order valence-corrected chi connectivity index (χ0v) is 19.8. The smallest absolute Gasteiger partial charge is 0.234 e. The number of nitriles is 1. The molecule has 1 saturated carbocycles. The Morgan fingerprint density at radius 3 is 2.70 bits per heavy atom. The number of ether oxygens (including phenoxy) is 1. The first kappa shape index (κ1) is 22.1. The van der Waals surface area contributed by atoms with Crippen LogP contribution >= 0.6 is 11.6 Å². The fourth-order valence-corrected chi connectivity index (χ4v) is 5.18. The van der Waals surface area contributed by atoms with Crippen molar-refractivity contribution in [3.8, 4) is 17.3 Å². The Labute approximate surface area is 198 Å². The van der Waals surface area contributed by atoms with E-state index in [1.54, 1.807) is 12.4 Å². The van der Waals surface area contributed by atoms with Crippen LogP contribution in [0.3, 0.4) is 0 Å². The zero-order chi connectivity index (χ0) is 22.9. The van der Waals surface area contributed by atoms with Gasteiger partial charge in [0.15, 0.2) is 5.65 Å². The molecule has 0 radical (unpaired) electrons. The molecule has 0 aromatic carbocycles. The Bertz CT molecular complexity index is 1200. The van der Waals surface area contributed by atoms with Crippen LogP contribution in [-0.4, -0.2) is 50.3 Å². The molecule has 3 aromatic heterocycles. The van der Waals surface area contributed by atoms with E-state index in [-0.39, 0.29) is 11.9 Å². The first-order chi connectivity index (χ1) is 16.0. The second-order valence-electron chi connectivity index (χ2n) is 9.34.